The van der Waals surface area contributed by atoms with Crippen LogP contribution in [0.1, 0.15) is 17.4 Å². The largest absolute Gasteiger partial charge is 0.481 e. The Morgan fingerprint density at radius 2 is 2.25 bits per heavy atom. The fourth-order valence-electron chi connectivity index (χ4n) is 3.11. The van der Waals surface area contributed by atoms with Crippen molar-refractivity contribution >= 4 is 0 Å². The van der Waals surface area contributed by atoms with E-state index in [1.807, 2.05) is 37.8 Å². The first-order valence-electron chi connectivity index (χ1n) is 8.17. The second-order valence-corrected chi connectivity index (χ2v) is 6.07. The van der Waals surface area contributed by atoms with Gasteiger partial charge in [0.15, 0.2) is 0 Å². The summed E-state index contributed by atoms with van der Waals surface area (Å²) in [6.45, 7) is 3.09. The molecule has 3 rings (SSSR count). The summed E-state index contributed by atoms with van der Waals surface area (Å²) < 4.78 is 13.3. The summed E-state index contributed by atoms with van der Waals surface area (Å²) in [6.07, 6.45) is 3.83. The van der Waals surface area contributed by atoms with Gasteiger partial charge in [0.2, 0.25) is 5.88 Å². The number of nitrogens with zero attached hydrogens (tertiary/aromatic N) is 4. The molecule has 2 atom stereocenters. The molecule has 1 saturated heterocycles. The Balaban J connectivity index is 1.63. The third kappa shape index (κ3) is 3.75. The van der Waals surface area contributed by atoms with E-state index in [-0.39, 0.29) is 12.1 Å². The summed E-state index contributed by atoms with van der Waals surface area (Å²) in [7, 11) is 5.79. The van der Waals surface area contributed by atoms with Gasteiger partial charge in [-0.05, 0) is 13.1 Å². The van der Waals surface area contributed by atoms with Gasteiger partial charge in [0, 0.05) is 38.9 Å². The van der Waals surface area contributed by atoms with E-state index in [9.17, 15) is 0 Å². The molecule has 1 aliphatic heterocycles. The fraction of sp³-hybridized carbons (Fsp3) is 0.529. The lowest BCUT2D eigenvalue weighted by Gasteiger charge is -2.39. The minimum atomic E-state index is 0.0738. The number of morpholine rings is 1. The molecular formula is C17H25N5O2. The van der Waals surface area contributed by atoms with Crippen LogP contribution >= 0.6 is 0 Å². The molecule has 130 valence electrons. The number of imidazole rings is 1. The second-order valence-electron chi connectivity index (χ2n) is 6.07. The number of nitrogens with one attached hydrogen (secondary N) is 1. The predicted octanol–water partition coefficient (Wildman–Crippen LogP) is 0.985. The van der Waals surface area contributed by atoms with Crippen molar-refractivity contribution in [3.63, 3.8) is 0 Å². The quantitative estimate of drug-likeness (QED) is 0.851. The summed E-state index contributed by atoms with van der Waals surface area (Å²) in [5, 5.41) is 3.46. The maximum Gasteiger partial charge on any atom is 0.213 e. The number of pyridine rings is 1. The molecule has 0 unspecified atom stereocenters. The van der Waals surface area contributed by atoms with Gasteiger partial charge in [-0.2, -0.15) is 0 Å². The van der Waals surface area contributed by atoms with Crippen molar-refractivity contribution < 1.29 is 9.47 Å². The lowest BCUT2D eigenvalue weighted by atomic mass is 10.0. The molecule has 0 amide bonds. The van der Waals surface area contributed by atoms with E-state index in [0.717, 1.165) is 25.4 Å². The summed E-state index contributed by atoms with van der Waals surface area (Å²) in [6, 6.07) is 5.98. The molecule has 7 nitrogen and oxygen atoms in total. The molecule has 24 heavy (non-hydrogen) atoms. The Kier molecular flexibility index (Phi) is 5.44. The van der Waals surface area contributed by atoms with Gasteiger partial charge in [-0.25, -0.2) is 9.97 Å². The van der Waals surface area contributed by atoms with Gasteiger partial charge in [0.1, 0.15) is 0 Å². The van der Waals surface area contributed by atoms with E-state index in [1.165, 1.54) is 5.69 Å². The SMILES string of the molecule is COc1cccc(CNC[C@@H]2OCCN(C)[C@H]2c2cncn2C)n1. The topological polar surface area (TPSA) is 64.4 Å². The van der Waals surface area contributed by atoms with Crippen LogP contribution in [0.5, 0.6) is 5.88 Å². The van der Waals surface area contributed by atoms with Gasteiger partial charge in [-0.15, -0.1) is 0 Å². The number of hydrogen-bond donors (Lipinski definition) is 1. The van der Waals surface area contributed by atoms with E-state index >= 15 is 0 Å². The van der Waals surface area contributed by atoms with E-state index < -0.39 is 0 Å². The first-order valence-corrected chi connectivity index (χ1v) is 8.17. The number of ether oxygens (including phenoxy) is 2. The summed E-state index contributed by atoms with van der Waals surface area (Å²) in [5.74, 6) is 0.635. The predicted molar refractivity (Wildman–Crippen MR) is 90.8 cm³/mol. The van der Waals surface area contributed by atoms with Crippen molar-refractivity contribution in [1.29, 1.82) is 0 Å². The number of rotatable bonds is 6. The van der Waals surface area contributed by atoms with Crippen molar-refractivity contribution in [1.82, 2.24) is 24.8 Å². The fourth-order valence-corrected chi connectivity index (χ4v) is 3.11. The summed E-state index contributed by atoms with van der Waals surface area (Å²) >= 11 is 0. The van der Waals surface area contributed by atoms with Crippen LogP contribution in [0.25, 0.3) is 0 Å². The molecule has 1 aliphatic rings. The van der Waals surface area contributed by atoms with Crippen LogP contribution in [0.2, 0.25) is 0 Å². The average Bonchev–Trinajstić information content (AvgIpc) is 3.01. The van der Waals surface area contributed by atoms with Gasteiger partial charge < -0.3 is 19.4 Å². The van der Waals surface area contributed by atoms with Crippen LogP contribution in [0.4, 0.5) is 0 Å². The van der Waals surface area contributed by atoms with Gasteiger partial charge in [-0.1, -0.05) is 6.07 Å². The Bertz CT molecular complexity index is 660. The van der Waals surface area contributed by atoms with E-state index in [2.05, 4.69) is 31.8 Å². The van der Waals surface area contributed by atoms with Crippen LogP contribution in [-0.4, -0.2) is 59.4 Å². The average molecular weight is 331 g/mol. The molecule has 3 heterocycles. The molecule has 1 N–H and O–H groups in total. The highest BCUT2D eigenvalue weighted by atomic mass is 16.5. The van der Waals surface area contributed by atoms with Crippen molar-refractivity contribution in [3.05, 3.63) is 42.1 Å². The highest BCUT2D eigenvalue weighted by molar-refractivity contribution is 5.15. The van der Waals surface area contributed by atoms with Gasteiger partial charge >= 0.3 is 0 Å². The minimum Gasteiger partial charge on any atom is -0.481 e. The van der Waals surface area contributed by atoms with E-state index in [4.69, 9.17) is 9.47 Å². The zero-order valence-electron chi connectivity index (χ0n) is 14.5. The zero-order valence-corrected chi connectivity index (χ0v) is 14.5. The maximum absolute atomic E-state index is 6.03. The molecule has 7 heteroatoms. The van der Waals surface area contributed by atoms with Gasteiger partial charge in [-0.3, -0.25) is 4.90 Å². The third-order valence-electron chi connectivity index (χ3n) is 4.40. The van der Waals surface area contributed by atoms with Crippen molar-refractivity contribution in [2.45, 2.75) is 18.7 Å². The lowest BCUT2D eigenvalue weighted by Crippen LogP contribution is -2.47. The van der Waals surface area contributed by atoms with Crippen molar-refractivity contribution in [3.8, 4) is 5.88 Å². The van der Waals surface area contributed by atoms with E-state index in [1.54, 1.807) is 7.11 Å². The molecular weight excluding hydrogens is 306 g/mol. The smallest absolute Gasteiger partial charge is 0.213 e. The molecule has 1 fully saturated rings. The lowest BCUT2D eigenvalue weighted by molar-refractivity contribution is -0.0636. The number of likely N-dealkylation sites (N-methyl/N-ethyl adjacent to an activating group) is 1. The highest BCUT2D eigenvalue weighted by Crippen LogP contribution is 2.27. The Hall–Kier alpha value is -1.96. The molecule has 0 aromatic carbocycles. The molecule has 0 spiro atoms. The standard InChI is InChI=1S/C17H25N5O2/c1-21-7-8-24-15(17(21)14-10-19-12-22(14)2)11-18-9-13-5-4-6-16(20-13)23-3/h4-6,10,12,15,17-18H,7-9,11H2,1-3H3/t15-,17-/m0/s1. The van der Waals surface area contributed by atoms with Crippen LogP contribution in [0, 0.1) is 0 Å². The monoisotopic (exact) mass is 331 g/mol. The normalized spacial score (nSPS) is 21.8. The van der Waals surface area contributed by atoms with Crippen LogP contribution in [0.3, 0.4) is 0 Å². The first-order chi connectivity index (χ1) is 11.7. The molecule has 2 aromatic heterocycles. The van der Waals surface area contributed by atoms with Crippen LogP contribution in [0.15, 0.2) is 30.7 Å². The molecule has 0 saturated carbocycles. The number of methoxy groups -OCH3 is 1. The zero-order chi connectivity index (χ0) is 16.9. The number of aryl methyl sites for hydroxylation is 1. The molecule has 0 bridgehead atoms. The van der Waals surface area contributed by atoms with Gasteiger partial charge in [0.05, 0.1) is 43.6 Å². The number of hydrogen-bond acceptors (Lipinski definition) is 6. The Labute approximate surface area is 142 Å². The summed E-state index contributed by atoms with van der Waals surface area (Å²) in [4.78, 5) is 11.0. The maximum atomic E-state index is 6.03. The Morgan fingerprint density at radius 3 is 3.00 bits per heavy atom. The van der Waals surface area contributed by atoms with Crippen molar-refractivity contribution in [2.24, 2.45) is 7.05 Å². The molecule has 2 aromatic rings. The van der Waals surface area contributed by atoms with Crippen LogP contribution in [-0.2, 0) is 18.3 Å². The van der Waals surface area contributed by atoms with Gasteiger partial charge in [0.25, 0.3) is 0 Å². The summed E-state index contributed by atoms with van der Waals surface area (Å²) in [5.41, 5.74) is 2.12. The second kappa shape index (κ2) is 7.74. The third-order valence-corrected chi connectivity index (χ3v) is 4.40. The minimum absolute atomic E-state index is 0.0738. The highest BCUT2D eigenvalue weighted by Gasteiger charge is 2.32. The van der Waals surface area contributed by atoms with Crippen LogP contribution < -0.4 is 10.1 Å². The molecule has 0 radical (unpaired) electrons. The molecule has 0 aliphatic carbocycles. The van der Waals surface area contributed by atoms with Crippen molar-refractivity contribution in [2.75, 3.05) is 33.9 Å². The van der Waals surface area contributed by atoms with E-state index in [0.29, 0.717) is 12.4 Å². The Morgan fingerprint density at radius 1 is 1.38 bits per heavy atom. The number of aromatic nitrogens is 3. The first kappa shape index (κ1) is 16.9.